The molecular formula is C25H23F4N7O4S. The van der Waals surface area contributed by atoms with Gasteiger partial charge in [0.1, 0.15) is 11.3 Å². The lowest BCUT2D eigenvalue weighted by molar-refractivity contribution is -0.192. The standard InChI is InChI=1S/C23H22FN7O2S.C2HF3O2/c1-12(2)20-10-15(14-5-4-6-18-16(14)11-26-29-18)21-22(25)28-23(30-31(20)21)27-19-8-7-13(9-17(19)24)34(3,32)33;3-2(4,5)1(6)7/h4-12H,1-3H3,(H,26,29)(H3,25,27,28,30);(H,6,7). The Hall–Kier alpha value is -4.73. The number of alkyl halides is 3. The van der Waals surface area contributed by atoms with Crippen molar-refractivity contribution in [1.29, 1.82) is 0 Å². The number of aromatic amines is 1. The van der Waals surface area contributed by atoms with Crippen LogP contribution >= 0.6 is 0 Å². The van der Waals surface area contributed by atoms with Crippen LogP contribution in [0.15, 0.2) is 53.6 Å². The summed E-state index contributed by atoms with van der Waals surface area (Å²) in [5.74, 6) is -3.09. The molecule has 11 nitrogen and oxygen atoms in total. The Balaban J connectivity index is 0.000000493. The molecule has 5 aromatic rings. The van der Waals surface area contributed by atoms with E-state index in [1.165, 1.54) is 12.1 Å². The van der Waals surface area contributed by atoms with E-state index in [4.69, 9.17) is 15.6 Å². The van der Waals surface area contributed by atoms with E-state index in [2.05, 4.69) is 25.6 Å². The van der Waals surface area contributed by atoms with Crippen LogP contribution in [0.4, 0.5) is 35.0 Å². The van der Waals surface area contributed by atoms with Crippen LogP contribution in [0.2, 0.25) is 0 Å². The van der Waals surface area contributed by atoms with E-state index < -0.39 is 27.8 Å². The third kappa shape index (κ3) is 6.06. The van der Waals surface area contributed by atoms with Crippen LogP contribution in [0.5, 0.6) is 0 Å². The molecule has 41 heavy (non-hydrogen) atoms. The van der Waals surface area contributed by atoms with E-state index in [-0.39, 0.29) is 28.3 Å². The minimum atomic E-state index is -5.08. The Kier molecular flexibility index (Phi) is 7.62. The van der Waals surface area contributed by atoms with Crippen LogP contribution in [0.1, 0.15) is 25.5 Å². The zero-order valence-electron chi connectivity index (χ0n) is 21.7. The molecule has 0 amide bonds. The topological polar surface area (TPSA) is 168 Å². The number of hydrogen-bond acceptors (Lipinski definition) is 8. The number of fused-ring (bicyclic) bond motifs is 2. The van der Waals surface area contributed by atoms with Gasteiger partial charge in [0.25, 0.3) is 0 Å². The molecule has 0 saturated heterocycles. The van der Waals surface area contributed by atoms with Crippen LogP contribution in [0.3, 0.4) is 0 Å². The fourth-order valence-electron chi connectivity index (χ4n) is 3.98. The lowest BCUT2D eigenvalue weighted by atomic mass is 10.0. The number of H-pyrrole nitrogens is 1. The molecule has 16 heteroatoms. The molecule has 3 heterocycles. The van der Waals surface area contributed by atoms with E-state index in [1.807, 2.05) is 38.1 Å². The zero-order chi connectivity index (χ0) is 30.3. The summed E-state index contributed by atoms with van der Waals surface area (Å²) in [6.07, 6.45) is -2.30. The van der Waals surface area contributed by atoms with E-state index in [9.17, 15) is 26.0 Å². The van der Waals surface area contributed by atoms with Crippen molar-refractivity contribution in [3.8, 4) is 11.1 Å². The maximum atomic E-state index is 14.6. The summed E-state index contributed by atoms with van der Waals surface area (Å²) in [5, 5.41) is 22.6. The van der Waals surface area contributed by atoms with Gasteiger partial charge in [0.15, 0.2) is 15.7 Å². The number of nitrogen functional groups attached to an aromatic ring is 1. The third-order valence-electron chi connectivity index (χ3n) is 5.89. The van der Waals surface area contributed by atoms with E-state index >= 15 is 0 Å². The molecule has 5 rings (SSSR count). The molecule has 0 radical (unpaired) electrons. The number of nitrogens with zero attached hydrogens (tertiary/aromatic N) is 4. The molecule has 2 aromatic carbocycles. The van der Waals surface area contributed by atoms with Crippen molar-refractivity contribution >= 4 is 49.7 Å². The number of carbonyl (C=O) groups is 1. The first-order valence-electron chi connectivity index (χ1n) is 11.8. The summed E-state index contributed by atoms with van der Waals surface area (Å²) in [7, 11) is -3.53. The number of sulfone groups is 1. The number of aromatic nitrogens is 5. The summed E-state index contributed by atoms with van der Waals surface area (Å²) in [5.41, 5.74) is 10.7. The second-order valence-electron chi connectivity index (χ2n) is 9.20. The Labute approximate surface area is 229 Å². The first-order chi connectivity index (χ1) is 19.1. The number of aliphatic carboxylic acids is 1. The molecule has 0 spiro atoms. The van der Waals surface area contributed by atoms with Gasteiger partial charge in [0.05, 0.1) is 22.3 Å². The monoisotopic (exact) mass is 593 g/mol. The molecule has 0 fully saturated rings. The van der Waals surface area contributed by atoms with E-state index in [0.29, 0.717) is 5.52 Å². The van der Waals surface area contributed by atoms with Crippen LogP contribution in [-0.4, -0.2) is 56.7 Å². The number of hydrogen-bond donors (Lipinski definition) is 4. The normalized spacial score (nSPS) is 12.0. The average molecular weight is 594 g/mol. The van der Waals surface area contributed by atoms with Crippen molar-refractivity contribution in [2.45, 2.75) is 30.8 Å². The van der Waals surface area contributed by atoms with Crippen molar-refractivity contribution in [3.05, 3.63) is 60.2 Å². The number of rotatable bonds is 5. The largest absolute Gasteiger partial charge is 0.490 e. The van der Waals surface area contributed by atoms with Crippen LogP contribution in [-0.2, 0) is 14.6 Å². The first-order valence-corrected chi connectivity index (χ1v) is 13.7. The van der Waals surface area contributed by atoms with Crippen molar-refractivity contribution in [2.24, 2.45) is 0 Å². The van der Waals surface area contributed by atoms with Crippen LogP contribution in [0, 0.1) is 5.82 Å². The smallest absolute Gasteiger partial charge is 0.475 e. The maximum Gasteiger partial charge on any atom is 0.490 e. The van der Waals surface area contributed by atoms with Gasteiger partial charge in [-0.2, -0.15) is 23.3 Å². The summed E-state index contributed by atoms with van der Waals surface area (Å²) in [6.45, 7) is 4.08. The van der Waals surface area contributed by atoms with Gasteiger partial charge < -0.3 is 16.2 Å². The highest BCUT2D eigenvalue weighted by molar-refractivity contribution is 7.90. The molecule has 0 aliphatic carbocycles. The Morgan fingerprint density at radius 2 is 1.83 bits per heavy atom. The van der Waals surface area contributed by atoms with Crippen molar-refractivity contribution < 1.29 is 35.9 Å². The molecule has 0 atom stereocenters. The van der Waals surface area contributed by atoms with E-state index in [1.54, 1.807) is 10.7 Å². The van der Waals surface area contributed by atoms with Gasteiger partial charge in [0, 0.05) is 22.9 Å². The molecule has 0 unspecified atom stereocenters. The number of nitrogens with two attached hydrogens (primary N) is 1. The van der Waals surface area contributed by atoms with E-state index in [0.717, 1.165) is 40.0 Å². The summed E-state index contributed by atoms with van der Waals surface area (Å²) >= 11 is 0. The average Bonchev–Trinajstić information content (AvgIpc) is 3.49. The van der Waals surface area contributed by atoms with Gasteiger partial charge in [-0.15, -0.1) is 5.10 Å². The molecule has 0 aliphatic heterocycles. The lowest BCUT2D eigenvalue weighted by Crippen LogP contribution is -2.21. The number of anilines is 3. The van der Waals surface area contributed by atoms with Gasteiger partial charge in [-0.25, -0.2) is 22.1 Å². The SMILES string of the molecule is CC(C)c1cc(-c2cccc3[nH]ncc23)c2c(N)nc(Nc3ccc(S(C)(=O)=O)cc3F)nn12.O=C(O)C(F)(F)F. The van der Waals surface area contributed by atoms with Crippen molar-refractivity contribution in [3.63, 3.8) is 0 Å². The third-order valence-corrected chi connectivity index (χ3v) is 7.00. The maximum absolute atomic E-state index is 14.6. The second-order valence-corrected chi connectivity index (χ2v) is 11.2. The Morgan fingerprint density at radius 3 is 2.41 bits per heavy atom. The molecule has 3 aromatic heterocycles. The highest BCUT2D eigenvalue weighted by Gasteiger charge is 2.38. The predicted octanol–water partition coefficient (Wildman–Crippen LogP) is 4.90. The summed E-state index contributed by atoms with van der Waals surface area (Å²) in [6, 6.07) is 11.5. The number of halogens is 4. The quantitative estimate of drug-likeness (QED) is 0.207. The van der Waals surface area contributed by atoms with Crippen molar-refractivity contribution in [1.82, 2.24) is 24.8 Å². The number of benzene rings is 2. The Bertz CT molecular complexity index is 1880. The van der Waals surface area contributed by atoms with Gasteiger partial charge in [-0.3, -0.25) is 5.10 Å². The Morgan fingerprint density at radius 1 is 1.15 bits per heavy atom. The molecule has 216 valence electrons. The zero-order valence-corrected chi connectivity index (χ0v) is 22.5. The van der Waals surface area contributed by atoms with Crippen LogP contribution in [0.25, 0.3) is 27.5 Å². The molecule has 0 saturated carbocycles. The molecule has 0 aliphatic rings. The minimum absolute atomic E-state index is 0.0350. The molecular weight excluding hydrogens is 570 g/mol. The lowest BCUT2D eigenvalue weighted by Gasteiger charge is -2.11. The number of nitrogens with one attached hydrogen (secondary N) is 2. The number of carboxylic acid groups (broad SMARTS) is 1. The van der Waals surface area contributed by atoms with Gasteiger partial charge in [-0.1, -0.05) is 26.0 Å². The summed E-state index contributed by atoms with van der Waals surface area (Å²) < 4.78 is 71.4. The minimum Gasteiger partial charge on any atom is -0.475 e. The highest BCUT2D eigenvalue weighted by atomic mass is 32.2. The molecule has 5 N–H and O–H groups in total. The first kappa shape index (κ1) is 29.3. The van der Waals surface area contributed by atoms with Crippen molar-refractivity contribution in [2.75, 3.05) is 17.3 Å². The highest BCUT2D eigenvalue weighted by Crippen LogP contribution is 2.37. The summed E-state index contributed by atoms with van der Waals surface area (Å²) in [4.78, 5) is 13.1. The number of carboxylic acids is 1. The van der Waals surface area contributed by atoms with Gasteiger partial charge in [0.2, 0.25) is 5.95 Å². The second kappa shape index (κ2) is 10.7. The fourth-order valence-corrected chi connectivity index (χ4v) is 4.61. The van der Waals surface area contributed by atoms with Crippen LogP contribution < -0.4 is 11.1 Å². The fraction of sp³-hybridized carbons (Fsp3) is 0.200. The van der Waals surface area contributed by atoms with Gasteiger partial charge in [-0.05, 0) is 41.8 Å². The predicted molar refractivity (Wildman–Crippen MR) is 143 cm³/mol. The molecule has 0 bridgehead atoms. The van der Waals surface area contributed by atoms with Gasteiger partial charge >= 0.3 is 12.1 Å².